The highest BCUT2D eigenvalue weighted by Gasteiger charge is 2.40. The SMILES string of the molecule is C[C@H]1S[C@@H](c2ccc(Cl)cc2)N(c2cnccn2)C1=O. The van der Waals surface area contributed by atoms with E-state index in [4.69, 9.17) is 11.6 Å². The molecule has 1 aromatic heterocycles. The van der Waals surface area contributed by atoms with E-state index in [1.54, 1.807) is 35.3 Å². The van der Waals surface area contributed by atoms with Gasteiger partial charge in [-0.1, -0.05) is 23.7 Å². The van der Waals surface area contributed by atoms with Crippen LogP contribution < -0.4 is 4.90 Å². The number of aromatic nitrogens is 2. The standard InChI is InChI=1S/C14H12ClN3OS/c1-9-13(19)18(12-8-16-6-7-17-12)14(20-9)10-2-4-11(15)5-3-10/h2-9,14H,1H3/t9-,14+/m1/s1. The molecule has 0 bridgehead atoms. The van der Waals surface area contributed by atoms with Crippen LogP contribution in [0, 0.1) is 0 Å². The Morgan fingerprint density at radius 2 is 2.00 bits per heavy atom. The Bertz CT molecular complexity index is 620. The molecule has 1 saturated heterocycles. The summed E-state index contributed by atoms with van der Waals surface area (Å²) in [5.41, 5.74) is 1.03. The highest BCUT2D eigenvalue weighted by molar-refractivity contribution is 8.01. The lowest BCUT2D eigenvalue weighted by Crippen LogP contribution is -2.30. The van der Waals surface area contributed by atoms with Gasteiger partial charge in [0.05, 0.1) is 11.4 Å². The van der Waals surface area contributed by atoms with Crippen molar-refractivity contribution in [3.05, 3.63) is 53.4 Å². The van der Waals surface area contributed by atoms with Crippen molar-refractivity contribution in [3.8, 4) is 0 Å². The zero-order chi connectivity index (χ0) is 14.1. The maximum Gasteiger partial charge on any atom is 0.242 e. The van der Waals surface area contributed by atoms with Gasteiger partial charge >= 0.3 is 0 Å². The first-order chi connectivity index (χ1) is 9.66. The summed E-state index contributed by atoms with van der Waals surface area (Å²) in [7, 11) is 0. The van der Waals surface area contributed by atoms with Crippen LogP contribution in [0.2, 0.25) is 5.02 Å². The maximum absolute atomic E-state index is 12.4. The quantitative estimate of drug-likeness (QED) is 0.854. The van der Waals surface area contributed by atoms with Crippen molar-refractivity contribution in [2.45, 2.75) is 17.5 Å². The molecule has 3 rings (SSSR count). The third-order valence-electron chi connectivity index (χ3n) is 3.10. The van der Waals surface area contributed by atoms with Gasteiger partial charge in [-0.2, -0.15) is 0 Å². The third-order valence-corrected chi connectivity index (χ3v) is 4.71. The Hall–Kier alpha value is -1.59. The molecule has 1 aliphatic rings. The summed E-state index contributed by atoms with van der Waals surface area (Å²) < 4.78 is 0. The van der Waals surface area contributed by atoms with E-state index in [1.807, 2.05) is 31.2 Å². The molecule has 2 atom stereocenters. The minimum absolute atomic E-state index is 0.0513. The van der Waals surface area contributed by atoms with Crippen LogP contribution in [-0.4, -0.2) is 21.1 Å². The van der Waals surface area contributed by atoms with E-state index in [9.17, 15) is 4.79 Å². The Morgan fingerprint density at radius 1 is 1.25 bits per heavy atom. The number of rotatable bonds is 2. The lowest BCUT2D eigenvalue weighted by atomic mass is 10.2. The molecule has 4 nitrogen and oxygen atoms in total. The first-order valence-electron chi connectivity index (χ1n) is 6.17. The number of benzene rings is 1. The van der Waals surface area contributed by atoms with E-state index in [0.717, 1.165) is 5.56 Å². The van der Waals surface area contributed by atoms with Crippen LogP contribution >= 0.6 is 23.4 Å². The Kier molecular flexibility index (Phi) is 3.63. The molecule has 1 aliphatic heterocycles. The van der Waals surface area contributed by atoms with Gasteiger partial charge in [-0.05, 0) is 24.6 Å². The van der Waals surface area contributed by atoms with Crippen molar-refractivity contribution < 1.29 is 4.79 Å². The minimum Gasteiger partial charge on any atom is -0.278 e. The van der Waals surface area contributed by atoms with Gasteiger partial charge in [-0.25, -0.2) is 4.98 Å². The molecule has 0 unspecified atom stereocenters. The van der Waals surface area contributed by atoms with E-state index < -0.39 is 0 Å². The summed E-state index contributed by atoms with van der Waals surface area (Å²) in [5.74, 6) is 0.629. The van der Waals surface area contributed by atoms with Crippen molar-refractivity contribution in [2.75, 3.05) is 4.90 Å². The average Bonchev–Trinajstić information content (AvgIpc) is 2.77. The van der Waals surface area contributed by atoms with Crippen LogP contribution in [0.15, 0.2) is 42.9 Å². The van der Waals surface area contributed by atoms with Gasteiger partial charge in [-0.3, -0.25) is 14.7 Å². The van der Waals surface area contributed by atoms with Gasteiger partial charge in [-0.15, -0.1) is 11.8 Å². The number of halogens is 1. The van der Waals surface area contributed by atoms with E-state index in [-0.39, 0.29) is 16.5 Å². The topological polar surface area (TPSA) is 46.1 Å². The number of nitrogens with zero attached hydrogens (tertiary/aromatic N) is 3. The van der Waals surface area contributed by atoms with E-state index >= 15 is 0 Å². The molecular weight excluding hydrogens is 294 g/mol. The first-order valence-corrected chi connectivity index (χ1v) is 7.49. The van der Waals surface area contributed by atoms with Gasteiger partial charge in [0, 0.05) is 17.4 Å². The summed E-state index contributed by atoms with van der Waals surface area (Å²) in [4.78, 5) is 22.4. The van der Waals surface area contributed by atoms with Crippen LogP contribution in [0.3, 0.4) is 0 Å². The Balaban J connectivity index is 2.00. The monoisotopic (exact) mass is 305 g/mol. The van der Waals surface area contributed by atoms with Crippen LogP contribution in [0.25, 0.3) is 0 Å². The highest BCUT2D eigenvalue weighted by Crippen LogP contribution is 2.44. The van der Waals surface area contributed by atoms with Crippen LogP contribution in [-0.2, 0) is 4.79 Å². The normalized spacial score (nSPS) is 22.3. The average molecular weight is 306 g/mol. The molecule has 1 fully saturated rings. The molecule has 102 valence electrons. The summed E-state index contributed by atoms with van der Waals surface area (Å²) in [6.07, 6.45) is 4.80. The van der Waals surface area contributed by atoms with Crippen molar-refractivity contribution in [3.63, 3.8) is 0 Å². The number of carbonyl (C=O) groups is 1. The zero-order valence-electron chi connectivity index (χ0n) is 10.7. The fourth-order valence-corrected chi connectivity index (χ4v) is 3.52. The van der Waals surface area contributed by atoms with Crippen molar-refractivity contribution >= 4 is 35.1 Å². The highest BCUT2D eigenvalue weighted by atomic mass is 35.5. The maximum atomic E-state index is 12.4. The van der Waals surface area contributed by atoms with Crippen molar-refractivity contribution in [1.29, 1.82) is 0 Å². The molecule has 0 N–H and O–H groups in total. The van der Waals surface area contributed by atoms with Crippen LogP contribution in [0.4, 0.5) is 5.82 Å². The largest absolute Gasteiger partial charge is 0.278 e. The molecule has 2 aromatic rings. The van der Waals surface area contributed by atoms with Gasteiger partial charge in [0.25, 0.3) is 0 Å². The van der Waals surface area contributed by atoms with Crippen molar-refractivity contribution in [1.82, 2.24) is 9.97 Å². The fourth-order valence-electron chi connectivity index (χ4n) is 2.13. The van der Waals surface area contributed by atoms with Crippen LogP contribution in [0.1, 0.15) is 17.9 Å². The molecule has 0 radical (unpaired) electrons. The van der Waals surface area contributed by atoms with Gasteiger partial charge < -0.3 is 0 Å². The molecule has 1 aromatic carbocycles. The smallest absolute Gasteiger partial charge is 0.242 e. The summed E-state index contributed by atoms with van der Waals surface area (Å²) in [6, 6.07) is 7.54. The number of carbonyl (C=O) groups excluding carboxylic acids is 1. The van der Waals surface area contributed by atoms with Gasteiger partial charge in [0.2, 0.25) is 5.91 Å². The molecule has 0 spiro atoms. The molecule has 1 amide bonds. The van der Waals surface area contributed by atoms with Crippen molar-refractivity contribution in [2.24, 2.45) is 0 Å². The number of anilines is 1. The summed E-state index contributed by atoms with van der Waals surface area (Å²) >= 11 is 7.52. The van der Waals surface area contributed by atoms with Crippen LogP contribution in [0.5, 0.6) is 0 Å². The van der Waals surface area contributed by atoms with E-state index in [2.05, 4.69) is 9.97 Å². The Labute approximate surface area is 126 Å². The second-order valence-electron chi connectivity index (χ2n) is 4.45. The molecule has 6 heteroatoms. The first kappa shape index (κ1) is 13.4. The second kappa shape index (κ2) is 5.42. The number of amides is 1. The summed E-state index contributed by atoms with van der Waals surface area (Å²) in [5, 5.41) is 0.492. The predicted molar refractivity (Wildman–Crippen MR) is 80.8 cm³/mol. The second-order valence-corrected chi connectivity index (χ2v) is 6.32. The fraction of sp³-hybridized carbons (Fsp3) is 0.214. The number of hydrogen-bond donors (Lipinski definition) is 0. The number of thioether (sulfide) groups is 1. The van der Waals surface area contributed by atoms with Gasteiger partial charge in [0.1, 0.15) is 5.37 Å². The summed E-state index contributed by atoms with van der Waals surface area (Å²) in [6.45, 7) is 1.91. The molecule has 20 heavy (non-hydrogen) atoms. The molecule has 2 heterocycles. The number of hydrogen-bond acceptors (Lipinski definition) is 4. The Morgan fingerprint density at radius 3 is 2.65 bits per heavy atom. The minimum atomic E-state index is -0.0994. The third kappa shape index (κ3) is 2.39. The molecule has 0 aliphatic carbocycles. The van der Waals surface area contributed by atoms with Gasteiger partial charge in [0.15, 0.2) is 5.82 Å². The zero-order valence-corrected chi connectivity index (χ0v) is 12.3. The molecule has 0 saturated carbocycles. The lowest BCUT2D eigenvalue weighted by Gasteiger charge is -2.22. The van der Waals surface area contributed by atoms with E-state index in [0.29, 0.717) is 10.8 Å². The van der Waals surface area contributed by atoms with E-state index in [1.165, 1.54) is 0 Å². The lowest BCUT2D eigenvalue weighted by molar-refractivity contribution is -0.117. The molecular formula is C14H12ClN3OS. The predicted octanol–water partition coefficient (Wildman–Crippen LogP) is 3.30.